The second-order valence-corrected chi connectivity index (χ2v) is 4.59. The predicted molar refractivity (Wildman–Crippen MR) is 74.7 cm³/mol. The number of alkyl halides is 3. The van der Waals surface area contributed by atoms with Gasteiger partial charge in [-0.25, -0.2) is 9.97 Å². The third-order valence-electron chi connectivity index (χ3n) is 2.85. The zero-order valence-corrected chi connectivity index (χ0v) is 11.4. The molecule has 0 aliphatic rings. The summed E-state index contributed by atoms with van der Waals surface area (Å²) in [5.74, 6) is 0. The molecule has 0 atom stereocenters. The monoisotopic (exact) mass is 294 g/mol. The van der Waals surface area contributed by atoms with Gasteiger partial charge in [-0.05, 0) is 26.0 Å². The number of nitrogens with one attached hydrogen (secondary N) is 1. The summed E-state index contributed by atoms with van der Waals surface area (Å²) < 4.78 is 39.7. The van der Waals surface area contributed by atoms with Gasteiger partial charge in [-0.2, -0.15) is 13.2 Å². The van der Waals surface area contributed by atoms with Gasteiger partial charge in [0.05, 0.1) is 11.0 Å². The number of hydrogen-bond donors (Lipinski definition) is 2. The van der Waals surface area contributed by atoms with Crippen LogP contribution in [0.15, 0.2) is 30.0 Å². The fourth-order valence-electron chi connectivity index (χ4n) is 2.03. The van der Waals surface area contributed by atoms with Crippen LogP contribution in [0.1, 0.15) is 25.2 Å². The van der Waals surface area contributed by atoms with Crippen LogP contribution < -0.4 is 5.73 Å². The summed E-state index contributed by atoms with van der Waals surface area (Å²) in [4.78, 5) is 7.68. The molecule has 21 heavy (non-hydrogen) atoms. The van der Waals surface area contributed by atoms with Crippen LogP contribution in [0, 0.1) is 5.41 Å². The van der Waals surface area contributed by atoms with Crippen LogP contribution in [0.4, 0.5) is 13.2 Å². The highest BCUT2D eigenvalue weighted by molar-refractivity contribution is 6.21. The van der Waals surface area contributed by atoms with Crippen LogP contribution in [0.3, 0.4) is 0 Å². The molecule has 0 amide bonds. The van der Waals surface area contributed by atoms with E-state index in [0.29, 0.717) is 5.52 Å². The van der Waals surface area contributed by atoms with Crippen molar-refractivity contribution in [1.82, 2.24) is 9.97 Å². The van der Waals surface area contributed by atoms with E-state index >= 15 is 0 Å². The first kappa shape index (κ1) is 15.0. The van der Waals surface area contributed by atoms with E-state index in [1.807, 2.05) is 0 Å². The number of nitrogens with zero attached hydrogens (tertiary/aromatic N) is 2. The molecular weight excluding hydrogens is 281 g/mol. The molecule has 110 valence electrons. The molecule has 1 aromatic heterocycles. The van der Waals surface area contributed by atoms with Gasteiger partial charge in [0, 0.05) is 17.0 Å². The van der Waals surface area contributed by atoms with Crippen molar-refractivity contribution >= 4 is 22.3 Å². The Hall–Kier alpha value is -2.44. The highest BCUT2D eigenvalue weighted by atomic mass is 19.4. The summed E-state index contributed by atoms with van der Waals surface area (Å²) in [5, 5.41) is 7.66. The maximum absolute atomic E-state index is 13.2. The maximum atomic E-state index is 13.2. The lowest BCUT2D eigenvalue weighted by molar-refractivity contribution is -0.141. The summed E-state index contributed by atoms with van der Waals surface area (Å²) in [6.07, 6.45) is -4.68. The van der Waals surface area contributed by atoms with Crippen LogP contribution in [0.25, 0.3) is 16.6 Å². The SMILES string of the molecule is CC(=N)C(=C(C)N)c1nc2ccccc2nc1C(F)(F)F. The van der Waals surface area contributed by atoms with E-state index in [-0.39, 0.29) is 22.5 Å². The highest BCUT2D eigenvalue weighted by Gasteiger charge is 2.38. The maximum Gasteiger partial charge on any atom is 0.435 e. The lowest BCUT2D eigenvalue weighted by atomic mass is 10.0. The number of rotatable bonds is 2. The van der Waals surface area contributed by atoms with E-state index in [2.05, 4.69) is 9.97 Å². The Balaban J connectivity index is 2.89. The molecule has 0 aliphatic heterocycles. The van der Waals surface area contributed by atoms with Crippen LogP contribution >= 0.6 is 0 Å². The lowest BCUT2D eigenvalue weighted by Gasteiger charge is -2.15. The van der Waals surface area contributed by atoms with Crippen molar-refractivity contribution in [3.05, 3.63) is 41.4 Å². The van der Waals surface area contributed by atoms with E-state index < -0.39 is 17.6 Å². The molecule has 7 heteroatoms. The molecule has 0 saturated heterocycles. The smallest absolute Gasteiger partial charge is 0.402 e. The van der Waals surface area contributed by atoms with E-state index in [1.54, 1.807) is 18.2 Å². The minimum atomic E-state index is -4.68. The van der Waals surface area contributed by atoms with E-state index in [4.69, 9.17) is 11.1 Å². The topological polar surface area (TPSA) is 75.7 Å². The van der Waals surface area contributed by atoms with Crippen LogP contribution in [0.5, 0.6) is 0 Å². The molecule has 3 N–H and O–H groups in total. The van der Waals surface area contributed by atoms with Crippen molar-refractivity contribution in [3.63, 3.8) is 0 Å². The van der Waals surface area contributed by atoms with Gasteiger partial charge in [0.25, 0.3) is 0 Å². The second-order valence-electron chi connectivity index (χ2n) is 4.59. The Morgan fingerprint density at radius 2 is 1.62 bits per heavy atom. The number of nitrogens with two attached hydrogens (primary N) is 1. The van der Waals surface area contributed by atoms with Crippen molar-refractivity contribution in [2.24, 2.45) is 5.73 Å². The third-order valence-corrected chi connectivity index (χ3v) is 2.85. The van der Waals surface area contributed by atoms with E-state index in [0.717, 1.165) is 0 Å². The molecule has 1 aromatic carbocycles. The Bertz CT molecular complexity index is 743. The molecule has 0 spiro atoms. The zero-order chi connectivity index (χ0) is 15.8. The fraction of sp³-hybridized carbons (Fsp3) is 0.214. The summed E-state index contributed by atoms with van der Waals surface area (Å²) in [6.45, 7) is 2.80. The van der Waals surface area contributed by atoms with Gasteiger partial charge in [0.1, 0.15) is 5.69 Å². The van der Waals surface area contributed by atoms with Crippen molar-refractivity contribution in [2.75, 3.05) is 0 Å². The van der Waals surface area contributed by atoms with Gasteiger partial charge in [-0.15, -0.1) is 0 Å². The number of allylic oxidation sites excluding steroid dienone is 2. The number of fused-ring (bicyclic) bond motifs is 1. The number of benzene rings is 1. The van der Waals surface area contributed by atoms with Crippen molar-refractivity contribution in [2.45, 2.75) is 20.0 Å². The Labute approximate surface area is 119 Å². The van der Waals surface area contributed by atoms with Crippen LogP contribution in [-0.2, 0) is 6.18 Å². The molecule has 0 radical (unpaired) electrons. The summed E-state index contributed by atoms with van der Waals surface area (Å²) in [7, 11) is 0. The van der Waals surface area contributed by atoms with Gasteiger partial charge in [0.15, 0.2) is 5.69 Å². The van der Waals surface area contributed by atoms with Gasteiger partial charge in [0.2, 0.25) is 0 Å². The van der Waals surface area contributed by atoms with Gasteiger partial charge >= 0.3 is 6.18 Å². The third kappa shape index (κ3) is 2.86. The largest absolute Gasteiger partial charge is 0.435 e. The molecule has 0 bridgehead atoms. The van der Waals surface area contributed by atoms with Crippen molar-refractivity contribution < 1.29 is 13.2 Å². The van der Waals surface area contributed by atoms with Gasteiger partial charge < -0.3 is 11.1 Å². The zero-order valence-electron chi connectivity index (χ0n) is 11.4. The average Bonchev–Trinajstić information content (AvgIpc) is 2.35. The van der Waals surface area contributed by atoms with E-state index in [9.17, 15) is 13.2 Å². The first-order valence-corrected chi connectivity index (χ1v) is 6.08. The molecule has 0 aliphatic carbocycles. The molecule has 2 rings (SSSR count). The number of hydrogen-bond acceptors (Lipinski definition) is 4. The molecule has 0 unspecified atom stereocenters. The first-order valence-electron chi connectivity index (χ1n) is 6.08. The fourth-order valence-corrected chi connectivity index (χ4v) is 2.03. The average molecular weight is 294 g/mol. The standard InChI is InChI=1S/C14H13F3N4/c1-7(18)11(8(2)19)12-13(14(15,16)17)21-10-6-4-3-5-9(10)20-12/h3-6,18H,19H2,1-2H3. The summed E-state index contributed by atoms with van der Waals surface area (Å²) in [6, 6.07) is 6.26. The quantitative estimate of drug-likeness (QED) is 0.834. The lowest BCUT2D eigenvalue weighted by Crippen LogP contribution is -2.17. The highest BCUT2D eigenvalue weighted by Crippen LogP contribution is 2.34. The molecular formula is C14H13F3N4. The summed E-state index contributed by atoms with van der Waals surface area (Å²) >= 11 is 0. The minimum absolute atomic E-state index is 0.0411. The van der Waals surface area contributed by atoms with Crippen molar-refractivity contribution in [3.8, 4) is 0 Å². The van der Waals surface area contributed by atoms with Crippen LogP contribution in [-0.4, -0.2) is 15.7 Å². The van der Waals surface area contributed by atoms with Crippen LogP contribution in [0.2, 0.25) is 0 Å². The molecule has 0 saturated carbocycles. The minimum Gasteiger partial charge on any atom is -0.402 e. The Kier molecular flexibility index (Phi) is 3.67. The molecule has 0 fully saturated rings. The first-order chi connectivity index (χ1) is 9.71. The number of halogens is 3. The normalized spacial score (nSPS) is 13.2. The van der Waals surface area contributed by atoms with E-state index in [1.165, 1.54) is 19.9 Å². The Morgan fingerprint density at radius 1 is 1.10 bits per heavy atom. The second kappa shape index (κ2) is 5.16. The Morgan fingerprint density at radius 3 is 2.05 bits per heavy atom. The molecule has 2 aromatic rings. The molecule has 1 heterocycles. The summed E-state index contributed by atoms with van der Waals surface area (Å²) in [5.41, 5.74) is 4.51. The molecule has 4 nitrogen and oxygen atoms in total. The number of para-hydroxylation sites is 2. The number of aromatic nitrogens is 2. The van der Waals surface area contributed by atoms with Gasteiger partial charge in [-0.3, -0.25) is 0 Å². The van der Waals surface area contributed by atoms with Gasteiger partial charge in [-0.1, -0.05) is 12.1 Å². The predicted octanol–water partition coefficient (Wildman–Crippen LogP) is 3.38. The van der Waals surface area contributed by atoms with Crippen molar-refractivity contribution in [1.29, 1.82) is 5.41 Å².